The van der Waals surface area contributed by atoms with Crippen molar-refractivity contribution in [1.82, 2.24) is 5.32 Å². The number of halogens is 7. The summed E-state index contributed by atoms with van der Waals surface area (Å²) >= 11 is 0. The molecule has 2 aromatic rings. The fourth-order valence-electron chi connectivity index (χ4n) is 4.90. The molecule has 252 valence electrons. The fraction of sp³-hybridized carbons (Fsp3) is 0.433. The number of methoxy groups -OCH3 is 1. The Hall–Kier alpha value is -4.10. The Morgan fingerprint density at radius 1 is 1.04 bits per heavy atom. The molecule has 1 unspecified atom stereocenters. The van der Waals surface area contributed by atoms with Gasteiger partial charge in [-0.3, -0.25) is 4.79 Å². The first-order valence-corrected chi connectivity index (χ1v) is 13.9. The molecular formula is C30H35BF7N3O5. The Morgan fingerprint density at radius 3 is 2.11 bits per heavy atom. The zero-order chi connectivity index (χ0) is 34.7. The van der Waals surface area contributed by atoms with Gasteiger partial charge in [-0.05, 0) is 54.2 Å². The molecule has 2 amide bonds. The number of hydrogen-bond donors (Lipinski definition) is 2. The molecular weight excluding hydrogens is 626 g/mol. The lowest BCUT2D eigenvalue weighted by atomic mass is 9.67. The molecule has 2 N–H and O–H groups in total. The maximum Gasteiger partial charge on any atom is 0.673 e. The highest BCUT2D eigenvalue weighted by Gasteiger charge is 2.44. The molecule has 0 bridgehead atoms. The molecule has 0 radical (unpaired) electrons. The van der Waals surface area contributed by atoms with Crippen molar-refractivity contribution in [1.29, 1.82) is 5.26 Å². The van der Waals surface area contributed by atoms with Crippen LogP contribution in [-0.4, -0.2) is 60.7 Å². The molecule has 1 spiro atoms. The number of hydrogen-bond acceptors (Lipinski definition) is 5. The van der Waals surface area contributed by atoms with Crippen LogP contribution in [0.2, 0.25) is 0 Å². The van der Waals surface area contributed by atoms with Crippen molar-refractivity contribution in [2.75, 3.05) is 47.0 Å². The second-order valence-corrected chi connectivity index (χ2v) is 11.0. The van der Waals surface area contributed by atoms with Crippen molar-refractivity contribution in [2.45, 2.75) is 37.9 Å². The number of benzene rings is 2. The molecule has 4 rings (SSSR count). The van der Waals surface area contributed by atoms with E-state index in [1.54, 1.807) is 24.3 Å². The number of alkyl halides is 3. The summed E-state index contributed by atoms with van der Waals surface area (Å²) < 4.78 is 92.0. The van der Waals surface area contributed by atoms with Crippen LogP contribution in [0, 0.1) is 16.7 Å². The second kappa shape index (κ2) is 16.5. The summed E-state index contributed by atoms with van der Waals surface area (Å²) in [4.78, 5) is 26.5. The van der Waals surface area contributed by atoms with Gasteiger partial charge in [0.15, 0.2) is 5.78 Å². The summed E-state index contributed by atoms with van der Waals surface area (Å²) in [7, 11) is 1.22. The van der Waals surface area contributed by atoms with Gasteiger partial charge in [-0.1, -0.05) is 18.2 Å². The van der Waals surface area contributed by atoms with Crippen LogP contribution < -0.4 is 10.6 Å². The number of carbonyl (C=O) groups is 2. The molecule has 1 atom stereocenters. The highest BCUT2D eigenvalue weighted by Crippen LogP contribution is 2.47. The van der Waals surface area contributed by atoms with Crippen LogP contribution in [0.1, 0.15) is 48.4 Å². The van der Waals surface area contributed by atoms with Gasteiger partial charge in [-0.15, -0.1) is 0 Å². The summed E-state index contributed by atoms with van der Waals surface area (Å²) in [6, 6.07) is 10.9. The van der Waals surface area contributed by atoms with E-state index < -0.39 is 31.1 Å². The molecule has 1 heterocycles. The Kier molecular flexibility index (Phi) is 13.6. The molecule has 2 aliphatic rings. The number of nitrogens with zero attached hydrogens (tertiary/aromatic N) is 1. The number of rotatable bonds is 5. The summed E-state index contributed by atoms with van der Waals surface area (Å²) in [5.74, 6) is 0.269. The summed E-state index contributed by atoms with van der Waals surface area (Å²) in [5, 5.41) is 14.3. The van der Waals surface area contributed by atoms with Crippen LogP contribution in [0.25, 0.3) is 0 Å². The van der Waals surface area contributed by atoms with E-state index >= 15 is 0 Å². The first-order chi connectivity index (χ1) is 21.4. The maximum atomic E-state index is 13.5. The minimum Gasteiger partial charge on any atom is -0.501 e. The van der Waals surface area contributed by atoms with E-state index in [1.165, 1.54) is 19.2 Å². The van der Waals surface area contributed by atoms with Crippen molar-refractivity contribution < 1.29 is 53.9 Å². The van der Waals surface area contributed by atoms with Crippen molar-refractivity contribution in [3.8, 4) is 6.07 Å². The predicted octanol–water partition coefficient (Wildman–Crippen LogP) is 7.23. The lowest BCUT2D eigenvalue weighted by Gasteiger charge is -2.41. The fourth-order valence-corrected chi connectivity index (χ4v) is 4.90. The third-order valence-electron chi connectivity index (χ3n) is 6.86. The second-order valence-electron chi connectivity index (χ2n) is 11.0. The number of allylic oxidation sites excluding steroid dienone is 1. The van der Waals surface area contributed by atoms with Gasteiger partial charge in [-0.25, -0.2) is 4.79 Å². The van der Waals surface area contributed by atoms with Crippen LogP contribution >= 0.6 is 0 Å². The van der Waals surface area contributed by atoms with Crippen LogP contribution in [0.3, 0.4) is 0 Å². The lowest BCUT2D eigenvalue weighted by Crippen LogP contribution is -2.41. The van der Waals surface area contributed by atoms with Gasteiger partial charge in [0.2, 0.25) is 0 Å². The Balaban J connectivity index is 0.000000723. The lowest BCUT2D eigenvalue weighted by molar-refractivity contribution is -0.137. The standard InChI is InChI=1S/C27H26F3N3O4.C3H9O.BF4/c1-36-22-15-26(9-11-37-12-10-26)14-21(34)23(22)24(18-7-5-17(16-31)6-8-18)33-25(35)32-20-4-2-3-19(13-20)27(28,29)30;1-4(2)3;2-1(3,4)5/h2-8,13,24H,9-12,14-15H2,1H3,(H2,32,33,35);1-3H3;/q;+1;-1. The number of anilines is 1. The highest BCUT2D eigenvalue weighted by molar-refractivity contribution is 6.50. The Morgan fingerprint density at radius 2 is 1.61 bits per heavy atom. The first-order valence-electron chi connectivity index (χ1n) is 13.9. The molecule has 8 nitrogen and oxygen atoms in total. The van der Waals surface area contributed by atoms with Crippen LogP contribution in [0.4, 0.5) is 40.9 Å². The van der Waals surface area contributed by atoms with E-state index in [-0.39, 0.29) is 28.9 Å². The van der Waals surface area contributed by atoms with Crippen molar-refractivity contribution in [3.63, 3.8) is 0 Å². The van der Waals surface area contributed by atoms with Crippen molar-refractivity contribution >= 4 is 24.8 Å². The van der Waals surface area contributed by atoms with Gasteiger partial charge in [-0.2, -0.15) is 18.4 Å². The van der Waals surface area contributed by atoms with Gasteiger partial charge in [0.05, 0.1) is 35.9 Å². The van der Waals surface area contributed by atoms with Crippen LogP contribution in [0.5, 0.6) is 0 Å². The van der Waals surface area contributed by atoms with E-state index in [0.29, 0.717) is 49.4 Å². The van der Waals surface area contributed by atoms with Gasteiger partial charge >= 0.3 is 19.5 Å². The number of urea groups is 1. The van der Waals surface area contributed by atoms with Gasteiger partial charge < -0.3 is 41.7 Å². The Labute approximate surface area is 262 Å². The average Bonchev–Trinajstić information content (AvgIpc) is 2.95. The zero-order valence-corrected chi connectivity index (χ0v) is 25.7. The number of Topliss-reactive ketones (excluding diaryl/α,β-unsaturated/α-hetero) is 1. The van der Waals surface area contributed by atoms with E-state index in [4.69, 9.17) is 14.7 Å². The van der Waals surface area contributed by atoms with E-state index in [9.17, 15) is 40.0 Å². The van der Waals surface area contributed by atoms with Gasteiger partial charge in [0.1, 0.15) is 27.1 Å². The minimum atomic E-state index is -6.00. The van der Waals surface area contributed by atoms with Gasteiger partial charge in [0.25, 0.3) is 0 Å². The number of carbonyl (C=O) groups excluding carboxylic acids is 2. The molecule has 2 aromatic carbocycles. The number of amides is 2. The van der Waals surface area contributed by atoms with Crippen LogP contribution in [-0.2, 0) is 24.8 Å². The van der Waals surface area contributed by atoms with Crippen molar-refractivity contribution in [2.24, 2.45) is 5.41 Å². The molecule has 1 fully saturated rings. The molecule has 1 aliphatic carbocycles. The van der Waals surface area contributed by atoms with E-state index in [0.717, 1.165) is 12.1 Å². The predicted molar refractivity (Wildman–Crippen MR) is 157 cm³/mol. The number of nitriles is 1. The van der Waals surface area contributed by atoms with Gasteiger partial charge in [0, 0.05) is 31.7 Å². The minimum absolute atomic E-state index is 0.0528. The van der Waals surface area contributed by atoms with E-state index in [1.807, 2.05) is 27.4 Å². The molecule has 1 saturated heterocycles. The monoisotopic (exact) mass is 661 g/mol. The molecule has 46 heavy (non-hydrogen) atoms. The topological polar surface area (TPSA) is 103 Å². The molecule has 0 saturated carbocycles. The maximum absolute atomic E-state index is 13.5. The molecule has 16 heteroatoms. The van der Waals surface area contributed by atoms with Crippen molar-refractivity contribution in [3.05, 3.63) is 76.6 Å². The highest BCUT2D eigenvalue weighted by atomic mass is 19.5. The number of ketones is 1. The largest absolute Gasteiger partial charge is 0.673 e. The molecule has 0 aromatic heterocycles. The normalized spacial score (nSPS) is 16.7. The summed E-state index contributed by atoms with van der Waals surface area (Å²) in [6.07, 6.45) is -2.38. The summed E-state index contributed by atoms with van der Waals surface area (Å²) in [5.41, 5.74) is -0.0271. The third-order valence-corrected chi connectivity index (χ3v) is 6.86. The quantitative estimate of drug-likeness (QED) is 0.200. The number of nitrogens with one attached hydrogen (secondary N) is 2. The molecule has 1 aliphatic heterocycles. The Bertz CT molecular complexity index is 1390. The summed E-state index contributed by atoms with van der Waals surface area (Å²) in [6.45, 7) is 1.10. The number of ether oxygens (including phenoxy) is 2. The zero-order valence-electron chi connectivity index (χ0n) is 25.7. The van der Waals surface area contributed by atoms with E-state index in [2.05, 4.69) is 15.0 Å². The SMILES string of the molecule is COC1=C(C(NC(=O)Nc2cccc(C(F)(F)F)c2)c2ccc(C#N)cc2)C(=O)CC2(CCOCC2)C1.C[O+](C)C.F[B-](F)(F)F. The van der Waals surface area contributed by atoms with Crippen LogP contribution in [0.15, 0.2) is 59.9 Å². The average molecular weight is 661 g/mol. The smallest absolute Gasteiger partial charge is 0.501 e. The third kappa shape index (κ3) is 12.4. The first kappa shape index (κ1) is 38.1.